The molecule has 0 aliphatic carbocycles. The van der Waals surface area contributed by atoms with E-state index in [2.05, 4.69) is 323 Å². The van der Waals surface area contributed by atoms with Gasteiger partial charge in [0.25, 0.3) is 0 Å². The Morgan fingerprint density at radius 1 is 0.471 bits per heavy atom. The first-order chi connectivity index (χ1) is 67.7. The maximum Gasteiger partial charge on any atom is 0.328 e. The molecule has 19 nitrogen and oxygen atoms in total. The summed E-state index contributed by atoms with van der Waals surface area (Å²) < 4.78 is 27.5. The maximum atomic E-state index is 10.3. The quantitative estimate of drug-likeness (QED) is 0.0316. The zero-order chi connectivity index (χ0) is 94.2. The zero-order valence-electron chi connectivity index (χ0n) is 77.7. The van der Waals surface area contributed by atoms with Crippen LogP contribution in [0.25, 0.3) is 44.6 Å². The van der Waals surface area contributed by atoms with Crippen LogP contribution in [0.15, 0.2) is 343 Å². The molecular weight excluding hydrogens is 1770 g/mol. The maximum absolute atomic E-state index is 10.3. The van der Waals surface area contributed by atoms with Crippen LogP contribution in [0.1, 0.15) is 62.1 Å². The highest BCUT2D eigenvalue weighted by Crippen LogP contribution is 2.39. The van der Waals surface area contributed by atoms with Gasteiger partial charge in [-0.3, -0.25) is 0 Å². The van der Waals surface area contributed by atoms with Crippen molar-refractivity contribution in [3.05, 3.63) is 389 Å². The van der Waals surface area contributed by atoms with Crippen LogP contribution in [0.4, 0.5) is 17.3 Å². The van der Waals surface area contributed by atoms with Gasteiger partial charge in [0.1, 0.15) is 11.5 Å². The molecule has 0 atom stereocenters. The van der Waals surface area contributed by atoms with Gasteiger partial charge in [-0.25, -0.2) is 9.97 Å². The van der Waals surface area contributed by atoms with E-state index < -0.39 is 0 Å². The molecule has 0 bridgehead atoms. The number of piperazine rings is 1. The molecule has 24 rings (SSSR count). The summed E-state index contributed by atoms with van der Waals surface area (Å²) in [5.41, 5.74) is 28.0. The summed E-state index contributed by atoms with van der Waals surface area (Å²) in [5, 5.41) is 56.2. The molecule has 17 aromatic rings. The number of anilines is 3. The number of tetrazole rings is 1. The highest BCUT2D eigenvalue weighted by molar-refractivity contribution is 7.99. The topological polar surface area (TPSA) is 221 Å². The summed E-state index contributed by atoms with van der Waals surface area (Å²) >= 11 is 9.66. The molecule has 7 aliphatic rings. The molecule has 0 unspecified atom stereocenters. The van der Waals surface area contributed by atoms with E-state index in [1.54, 1.807) is 35.9 Å². The Labute approximate surface area is 822 Å². The monoisotopic (exact) mass is 1870 g/mol. The SMILES string of the molecule is CB1OCc2ccc(CCc3ccccc3)cc21.CB1OCc2ccc(N(Cc3ccccc3)Cc3ccccc3)cc21.CB1OCc2cccc(Oc3ccc(-c4nn[nH]n4)cc3)c21.N#CCCSc1cn(-c2ccc3c(c2)B(O)CC3)c2ccc(Cl)cc12.OB1CCc2ccc(-n3cc(Sc4ccccc4)c4ccccc43)cc21.OB1CCc2ccc(N3CCN(c4ncccn4)CC3)cc21. The van der Waals surface area contributed by atoms with Crippen LogP contribution in [0.3, 0.4) is 0 Å². The van der Waals surface area contributed by atoms with Gasteiger partial charge in [-0.1, -0.05) is 243 Å². The molecule has 11 heterocycles. The second kappa shape index (κ2) is 44.6. The smallest absolute Gasteiger partial charge is 0.328 e. The van der Waals surface area contributed by atoms with Crippen molar-refractivity contribution >= 4 is 149 Å². The number of nitrogens with zero attached hydrogens (tertiary/aromatic N) is 11. The summed E-state index contributed by atoms with van der Waals surface area (Å²) in [6.45, 7) is 13.5. The first-order valence-corrected chi connectivity index (χ1v) is 49.8. The fraction of sp³-hybridized carbons (Fsp3) is 0.200. The highest BCUT2D eigenvalue weighted by atomic mass is 35.5. The molecule has 4 N–H and O–H groups in total. The minimum absolute atomic E-state index is 0.0600. The molecule has 1 saturated heterocycles. The van der Waals surface area contributed by atoms with Crippen LogP contribution in [0, 0.1) is 11.3 Å². The average Bonchev–Trinajstić information content (AvgIpc) is 1.62. The average molecular weight is 1870 g/mol. The summed E-state index contributed by atoms with van der Waals surface area (Å²) in [5.74, 6) is 3.74. The third-order valence-corrected chi connectivity index (χ3v) is 29.0. The summed E-state index contributed by atoms with van der Waals surface area (Å²) in [6, 6.07) is 107. The van der Waals surface area contributed by atoms with Gasteiger partial charge in [0.15, 0.2) is 0 Å². The number of nitrogens with one attached hydrogen (secondary N) is 1. The largest absolute Gasteiger partial charge is 0.458 e. The molecular formula is C110H105B6ClN12O7S2. The van der Waals surface area contributed by atoms with Crippen LogP contribution < -0.4 is 52.2 Å². The number of halogens is 1. The van der Waals surface area contributed by atoms with E-state index in [-0.39, 0.29) is 41.5 Å². The normalized spacial score (nSPS) is 14.0. The Hall–Kier alpha value is -13.1. The lowest BCUT2D eigenvalue weighted by Crippen LogP contribution is -2.47. The molecule has 684 valence electrons. The van der Waals surface area contributed by atoms with Gasteiger partial charge in [0.05, 0.1) is 36.9 Å². The van der Waals surface area contributed by atoms with Crippen molar-refractivity contribution < 1.29 is 33.8 Å². The zero-order valence-corrected chi connectivity index (χ0v) is 80.1. The Bertz CT molecular complexity index is 7020. The lowest BCUT2D eigenvalue weighted by molar-refractivity contribution is 0.333. The molecule has 7 aliphatic heterocycles. The van der Waals surface area contributed by atoms with Gasteiger partial charge >= 0.3 is 41.5 Å². The molecule has 4 aromatic heterocycles. The van der Waals surface area contributed by atoms with E-state index in [0.29, 0.717) is 23.9 Å². The fourth-order valence-corrected chi connectivity index (χ4v) is 21.3. The van der Waals surface area contributed by atoms with Gasteiger partial charge in [0.2, 0.25) is 11.8 Å². The van der Waals surface area contributed by atoms with Crippen molar-refractivity contribution in [2.75, 3.05) is 46.6 Å². The molecule has 0 saturated carbocycles. The Balaban J connectivity index is 0.000000106. The van der Waals surface area contributed by atoms with Crippen molar-refractivity contribution in [3.63, 3.8) is 0 Å². The number of para-hydroxylation sites is 1. The van der Waals surface area contributed by atoms with Crippen molar-refractivity contribution in [2.24, 2.45) is 0 Å². The second-order valence-corrected chi connectivity index (χ2v) is 38.4. The third-order valence-electron chi connectivity index (χ3n) is 26.7. The lowest BCUT2D eigenvalue weighted by atomic mass is 9.63. The van der Waals surface area contributed by atoms with Gasteiger partial charge in [-0.15, -0.1) is 22.0 Å². The number of nitriles is 1. The number of hydrogen-bond donors (Lipinski definition) is 4. The highest BCUT2D eigenvalue weighted by Gasteiger charge is 2.33. The van der Waals surface area contributed by atoms with Gasteiger partial charge in [-0.2, -0.15) is 10.5 Å². The number of aryl methyl sites for hydroxylation is 5. The number of aromatic amines is 1. The van der Waals surface area contributed by atoms with Crippen molar-refractivity contribution in [2.45, 2.75) is 126 Å². The first kappa shape index (κ1) is 93.9. The number of rotatable bonds is 20. The minimum atomic E-state index is -0.365. The molecule has 138 heavy (non-hydrogen) atoms. The third kappa shape index (κ3) is 22.5. The number of ether oxygens (including phenoxy) is 1. The molecule has 0 spiro atoms. The van der Waals surface area contributed by atoms with E-state index in [0.717, 1.165) is 181 Å². The number of benzene rings is 13. The summed E-state index contributed by atoms with van der Waals surface area (Å²) in [4.78, 5) is 19.3. The standard InChI is InChI=1S/C22H18BNOS.C22H22BNO.C19H16BClN2OS.C16H19BN4O.C16H17BO.C15H13BN4O2/c25-23-13-12-16-10-11-17(14-20(16)23)24-15-22(19-8-4-5-9-21(19)24)26-18-6-2-1-3-7-18;1-23-22-14-21(13-12-20(22)17-25-23)24(15-18-8-4-2-5-9-18)16-19-10-6-3-7-11-19;21-14-3-5-18-16(10-14)19(25-9-1-8-22)12-23(18)15-4-2-13-6-7-20(24)17(13)11-15;22-17-5-4-13-2-3-14(12-15(13)17)20-8-10-21(11-9-20)16-18-6-1-7-19-16;1-17-16-11-14(9-10-15(16)12-18-17)8-7-13-5-3-2-4-6-13;1-16-14-11(9-21-16)3-2-4-13(14)22-12-7-5-10(6-8-12)15-17-19-20-18-15/h1-11,14-15,25H,12-13H2;2-14H,15-17H2,1H3;2-5,10-12,24H,1,6-7,9H2;1-3,6-7,12,22H,4-5,8-11H2;2-6,9-11H,7-8,12H2,1H3;2-8H,9H2,1H3,(H,17,18,19,20). The van der Waals surface area contributed by atoms with Gasteiger partial charge < -0.3 is 57.6 Å². The number of aromatic nitrogens is 8. The fourth-order valence-electron chi connectivity index (χ4n) is 19.2. The Morgan fingerprint density at radius 3 is 1.62 bits per heavy atom. The molecule has 13 aromatic carbocycles. The predicted molar refractivity (Wildman–Crippen MR) is 568 cm³/mol. The number of thioether (sulfide) groups is 1. The van der Waals surface area contributed by atoms with Crippen LogP contribution in [0.5, 0.6) is 11.5 Å². The van der Waals surface area contributed by atoms with Crippen LogP contribution >= 0.6 is 35.1 Å². The van der Waals surface area contributed by atoms with Crippen LogP contribution in [-0.2, 0) is 79.0 Å². The minimum Gasteiger partial charge on any atom is -0.458 e. The van der Waals surface area contributed by atoms with Crippen molar-refractivity contribution in [3.8, 4) is 40.3 Å². The van der Waals surface area contributed by atoms with Crippen LogP contribution in [0.2, 0.25) is 44.5 Å². The number of fused-ring (bicyclic) bond motifs is 8. The molecule has 1 fully saturated rings. The summed E-state index contributed by atoms with van der Waals surface area (Å²) in [7, 11) is 0. The van der Waals surface area contributed by atoms with Gasteiger partial charge in [-0.05, 0) is 249 Å². The van der Waals surface area contributed by atoms with E-state index in [1.807, 2.05) is 73.6 Å². The van der Waals surface area contributed by atoms with Crippen molar-refractivity contribution in [1.82, 2.24) is 39.7 Å². The summed E-state index contributed by atoms with van der Waals surface area (Å²) in [6.07, 6.45) is 16.0. The first-order valence-electron chi connectivity index (χ1n) is 47.6. The van der Waals surface area contributed by atoms with E-state index in [1.165, 1.54) is 98.6 Å². The molecule has 0 amide bonds. The van der Waals surface area contributed by atoms with Crippen LogP contribution in [-0.4, -0.2) is 128 Å². The van der Waals surface area contributed by atoms with E-state index in [9.17, 15) is 15.1 Å². The number of H-pyrrole nitrogens is 1. The van der Waals surface area contributed by atoms with Gasteiger partial charge in [0, 0.05) is 135 Å². The van der Waals surface area contributed by atoms with E-state index >= 15 is 0 Å². The van der Waals surface area contributed by atoms with Crippen molar-refractivity contribution in [1.29, 1.82) is 5.26 Å². The predicted octanol–water partition coefficient (Wildman–Crippen LogP) is 18.2. The molecule has 0 radical (unpaired) electrons. The Morgan fingerprint density at radius 2 is 1.00 bits per heavy atom. The lowest BCUT2D eigenvalue weighted by Gasteiger charge is -2.36. The Kier molecular flexibility index (Phi) is 30.3. The number of hydrogen-bond acceptors (Lipinski definition) is 18. The second-order valence-electron chi connectivity index (χ2n) is 35.7. The molecule has 28 heteroatoms. The van der Waals surface area contributed by atoms with E-state index in [4.69, 9.17) is 35.6 Å².